The van der Waals surface area contributed by atoms with Crippen molar-refractivity contribution in [3.8, 4) is 12.3 Å². The third-order valence-electron chi connectivity index (χ3n) is 8.73. The first-order valence-electron chi connectivity index (χ1n) is 10.2. The van der Waals surface area contributed by atoms with Crippen molar-refractivity contribution < 1.29 is 4.79 Å². The molecule has 7 atom stereocenters. The summed E-state index contributed by atoms with van der Waals surface area (Å²) < 4.78 is 0. The Morgan fingerprint density at radius 3 is 2.60 bits per heavy atom. The van der Waals surface area contributed by atoms with E-state index in [-0.39, 0.29) is 5.41 Å². The van der Waals surface area contributed by atoms with Crippen LogP contribution in [0.15, 0.2) is 11.6 Å². The molecule has 0 amide bonds. The highest BCUT2D eigenvalue weighted by Gasteiger charge is 2.61. The lowest BCUT2D eigenvalue weighted by Gasteiger charge is -2.58. The summed E-state index contributed by atoms with van der Waals surface area (Å²) in [6.45, 7) is 4.98. The van der Waals surface area contributed by atoms with Gasteiger partial charge in [0, 0.05) is 18.4 Å². The fourth-order valence-corrected chi connectivity index (χ4v) is 7.69. The van der Waals surface area contributed by atoms with Gasteiger partial charge < -0.3 is 4.90 Å². The fraction of sp³-hybridized carbons (Fsp3) is 0.783. The smallest absolute Gasteiger partial charge is 0.155 e. The molecule has 0 saturated heterocycles. The van der Waals surface area contributed by atoms with Gasteiger partial charge in [-0.2, -0.15) is 0 Å². The van der Waals surface area contributed by atoms with Gasteiger partial charge >= 0.3 is 0 Å². The van der Waals surface area contributed by atoms with Crippen molar-refractivity contribution in [2.45, 2.75) is 64.8 Å². The van der Waals surface area contributed by atoms with Crippen molar-refractivity contribution in [2.75, 3.05) is 14.1 Å². The monoisotopic (exact) mass is 339 g/mol. The molecule has 4 aliphatic rings. The van der Waals surface area contributed by atoms with Crippen molar-refractivity contribution in [1.29, 1.82) is 0 Å². The molecule has 0 aromatic heterocycles. The van der Waals surface area contributed by atoms with Gasteiger partial charge in [-0.1, -0.05) is 19.4 Å². The zero-order chi connectivity index (χ0) is 18.0. The van der Waals surface area contributed by atoms with Crippen LogP contribution < -0.4 is 0 Å². The molecule has 25 heavy (non-hydrogen) atoms. The van der Waals surface area contributed by atoms with Gasteiger partial charge in [0.2, 0.25) is 0 Å². The Hall–Kier alpha value is -1.07. The number of fused-ring (bicyclic) bond motifs is 5. The maximum Gasteiger partial charge on any atom is 0.155 e. The topological polar surface area (TPSA) is 20.3 Å². The number of carbonyl (C=O) groups excluding carboxylic acids is 1. The number of hydrogen-bond donors (Lipinski definition) is 0. The molecular formula is C23H33NO. The van der Waals surface area contributed by atoms with Gasteiger partial charge in [-0.25, -0.2) is 0 Å². The minimum absolute atomic E-state index is 0.264. The predicted octanol–water partition coefficient (Wildman–Crippen LogP) is 4.31. The summed E-state index contributed by atoms with van der Waals surface area (Å²) in [5, 5.41) is 0. The molecule has 0 heterocycles. The summed E-state index contributed by atoms with van der Waals surface area (Å²) in [7, 11) is 4.43. The van der Waals surface area contributed by atoms with Crippen LogP contribution >= 0.6 is 0 Å². The summed E-state index contributed by atoms with van der Waals surface area (Å²) in [6.07, 6.45) is 16.0. The second-order valence-corrected chi connectivity index (χ2v) is 9.93. The largest absolute Gasteiger partial charge is 0.305 e. The summed E-state index contributed by atoms with van der Waals surface area (Å²) in [6, 6.07) is 0.515. The molecule has 0 aromatic rings. The van der Waals surface area contributed by atoms with E-state index < -0.39 is 0 Å². The van der Waals surface area contributed by atoms with Crippen LogP contribution in [-0.2, 0) is 4.79 Å². The molecule has 0 aliphatic heterocycles. The highest BCUT2D eigenvalue weighted by atomic mass is 16.1. The maximum absolute atomic E-state index is 11.9. The molecule has 0 spiro atoms. The first kappa shape index (κ1) is 17.3. The zero-order valence-electron chi connectivity index (χ0n) is 16.3. The van der Waals surface area contributed by atoms with Crippen molar-refractivity contribution in [1.82, 2.24) is 4.90 Å². The Balaban J connectivity index is 1.69. The summed E-state index contributed by atoms with van der Waals surface area (Å²) >= 11 is 0. The normalized spacial score (nSPS) is 49.0. The second kappa shape index (κ2) is 5.71. The van der Waals surface area contributed by atoms with Gasteiger partial charge in [-0.3, -0.25) is 4.79 Å². The van der Waals surface area contributed by atoms with Crippen molar-refractivity contribution in [3.05, 3.63) is 11.6 Å². The van der Waals surface area contributed by atoms with E-state index in [0.717, 1.165) is 37.0 Å². The number of nitrogens with zero attached hydrogens (tertiary/aromatic N) is 1. The van der Waals surface area contributed by atoms with Gasteiger partial charge in [0.15, 0.2) is 5.78 Å². The highest BCUT2D eigenvalue weighted by molar-refractivity contribution is 5.91. The van der Waals surface area contributed by atoms with Gasteiger partial charge in [0.25, 0.3) is 0 Å². The zero-order valence-corrected chi connectivity index (χ0v) is 16.3. The molecule has 0 unspecified atom stereocenters. The SMILES string of the molecule is C#C[C@@H]1C[C@H]2[C@@H]3CCC4=CC(=O)CC[C@]4(C)[C@H]3CC[C@]2(C)[C@@H]1N(C)C. The van der Waals surface area contributed by atoms with E-state index in [4.69, 9.17) is 6.42 Å². The van der Waals surface area contributed by atoms with Crippen LogP contribution in [0.4, 0.5) is 0 Å². The number of hydrogen-bond acceptors (Lipinski definition) is 2. The maximum atomic E-state index is 11.9. The van der Waals surface area contributed by atoms with Crippen molar-refractivity contribution >= 4 is 5.78 Å². The van der Waals surface area contributed by atoms with Gasteiger partial charge in [0.05, 0.1) is 0 Å². The average Bonchev–Trinajstić information content (AvgIpc) is 2.88. The van der Waals surface area contributed by atoms with E-state index in [0.29, 0.717) is 23.2 Å². The lowest BCUT2D eigenvalue weighted by molar-refractivity contribution is -0.117. The quantitative estimate of drug-likeness (QED) is 0.664. The Bertz CT molecular complexity index is 655. The van der Waals surface area contributed by atoms with Gasteiger partial charge in [-0.15, -0.1) is 12.3 Å². The molecule has 0 N–H and O–H groups in total. The third kappa shape index (κ3) is 2.31. The van der Waals surface area contributed by atoms with Crippen molar-refractivity contribution in [2.24, 2.45) is 34.5 Å². The summed E-state index contributed by atoms with van der Waals surface area (Å²) in [4.78, 5) is 14.4. The number of ketones is 1. The lowest BCUT2D eigenvalue weighted by Crippen LogP contribution is -2.53. The standard InChI is InChI=1S/C23H33NO/c1-6-15-13-20-18-8-7-16-14-17(25)9-11-22(16,2)19(18)10-12-23(20,3)21(15)24(4)5/h1,14-15,18-21H,7-13H2,2-5H3/t15-,18-,19+,20+,21-,22+,23+/m1/s1. The Morgan fingerprint density at radius 2 is 1.92 bits per heavy atom. The number of allylic oxidation sites excluding steroid dienone is 1. The molecule has 4 rings (SSSR count). The van der Waals surface area contributed by atoms with E-state index in [9.17, 15) is 4.79 Å². The Kier molecular flexibility index (Phi) is 3.97. The minimum Gasteiger partial charge on any atom is -0.305 e. The Morgan fingerprint density at radius 1 is 1.16 bits per heavy atom. The van der Waals surface area contributed by atoms with Crippen LogP contribution in [0.3, 0.4) is 0 Å². The van der Waals surface area contributed by atoms with Crippen LogP contribution in [-0.4, -0.2) is 30.8 Å². The molecular weight excluding hydrogens is 306 g/mol. The fourth-order valence-electron chi connectivity index (χ4n) is 7.69. The van der Waals surface area contributed by atoms with Crippen LogP contribution in [0.2, 0.25) is 0 Å². The molecule has 2 nitrogen and oxygen atoms in total. The molecule has 3 saturated carbocycles. The first-order chi connectivity index (χ1) is 11.8. The number of carbonyl (C=O) groups is 1. The number of rotatable bonds is 1. The van der Waals surface area contributed by atoms with E-state index in [1.807, 2.05) is 6.08 Å². The van der Waals surface area contributed by atoms with E-state index >= 15 is 0 Å². The van der Waals surface area contributed by atoms with Crippen LogP contribution in [0.5, 0.6) is 0 Å². The average molecular weight is 340 g/mol. The lowest BCUT2D eigenvalue weighted by atomic mass is 9.47. The minimum atomic E-state index is 0.264. The molecule has 136 valence electrons. The van der Waals surface area contributed by atoms with Gasteiger partial charge in [-0.05, 0) is 87.3 Å². The van der Waals surface area contributed by atoms with E-state index in [2.05, 4.69) is 38.8 Å². The van der Waals surface area contributed by atoms with Gasteiger partial charge in [0.1, 0.15) is 0 Å². The molecule has 0 bridgehead atoms. The third-order valence-corrected chi connectivity index (χ3v) is 8.73. The molecule has 0 radical (unpaired) electrons. The molecule has 4 aliphatic carbocycles. The highest BCUT2D eigenvalue weighted by Crippen LogP contribution is 2.66. The molecule has 2 heteroatoms. The predicted molar refractivity (Wildman–Crippen MR) is 102 cm³/mol. The van der Waals surface area contributed by atoms with Crippen LogP contribution in [0.25, 0.3) is 0 Å². The summed E-state index contributed by atoms with van der Waals surface area (Å²) in [5.74, 6) is 6.17. The van der Waals surface area contributed by atoms with E-state index in [1.54, 1.807) is 0 Å². The first-order valence-corrected chi connectivity index (χ1v) is 10.2. The van der Waals surface area contributed by atoms with E-state index in [1.165, 1.54) is 31.3 Å². The van der Waals surface area contributed by atoms with Crippen LogP contribution in [0, 0.1) is 46.8 Å². The Labute approximate surface area is 153 Å². The van der Waals surface area contributed by atoms with Crippen molar-refractivity contribution in [3.63, 3.8) is 0 Å². The molecule has 0 aromatic carbocycles. The summed E-state index contributed by atoms with van der Waals surface area (Å²) in [5.41, 5.74) is 2.08. The molecule has 3 fully saturated rings. The van der Waals surface area contributed by atoms with Crippen LogP contribution in [0.1, 0.15) is 58.8 Å². The number of terminal acetylenes is 1. The second-order valence-electron chi connectivity index (χ2n) is 9.93.